The van der Waals surface area contributed by atoms with Crippen molar-refractivity contribution in [1.29, 1.82) is 0 Å². The number of non-ortho nitro benzene ring substituents is 1. The number of nitrogens with one attached hydrogen (secondary N) is 1. The molecule has 78 valence electrons. The maximum absolute atomic E-state index is 11.1. The average molecular weight is 208 g/mol. The Balaban J connectivity index is 3.26. The van der Waals surface area contributed by atoms with Gasteiger partial charge < -0.3 is 5.32 Å². The summed E-state index contributed by atoms with van der Waals surface area (Å²) in [5, 5.41) is 12.7. The minimum Gasteiger partial charge on any atom is -0.328 e. The van der Waals surface area contributed by atoms with Gasteiger partial charge in [0.1, 0.15) is 0 Å². The molecule has 1 amide bonds. The van der Waals surface area contributed by atoms with E-state index in [1.165, 1.54) is 19.1 Å². The molecule has 6 heteroatoms. The zero-order valence-corrected chi connectivity index (χ0v) is 7.89. The fourth-order valence-electron chi connectivity index (χ4n) is 1.13. The second-order valence-electron chi connectivity index (χ2n) is 2.81. The molecular weight excluding hydrogens is 200 g/mol. The van der Waals surface area contributed by atoms with Gasteiger partial charge in [-0.1, -0.05) is 0 Å². The highest BCUT2D eigenvalue weighted by molar-refractivity contribution is 6.01. The van der Waals surface area contributed by atoms with Crippen molar-refractivity contribution in [3.8, 4) is 0 Å². The third-order valence-corrected chi connectivity index (χ3v) is 1.81. The van der Waals surface area contributed by atoms with E-state index in [1.54, 1.807) is 0 Å². The van der Waals surface area contributed by atoms with Gasteiger partial charge in [-0.2, -0.15) is 0 Å². The van der Waals surface area contributed by atoms with Crippen molar-refractivity contribution in [3.05, 3.63) is 33.9 Å². The highest BCUT2D eigenvalue weighted by Crippen LogP contribution is 2.21. The quantitative estimate of drug-likeness (QED) is 0.350. The van der Waals surface area contributed by atoms with Crippen molar-refractivity contribution in [3.63, 3.8) is 0 Å². The summed E-state index contributed by atoms with van der Waals surface area (Å²) in [7, 11) is 0. The molecule has 0 aliphatic carbocycles. The van der Waals surface area contributed by atoms with E-state index in [2.05, 4.69) is 5.32 Å². The van der Waals surface area contributed by atoms with Crippen molar-refractivity contribution in [2.45, 2.75) is 6.92 Å². The molecule has 15 heavy (non-hydrogen) atoms. The third kappa shape index (κ3) is 2.37. The monoisotopic (exact) mass is 208 g/mol. The SMILES string of the molecule is CC(=O)c1cc([N+](=O)[O-])ccc1NC=O. The number of amides is 1. The fourth-order valence-corrected chi connectivity index (χ4v) is 1.13. The number of nitro groups is 1. The second kappa shape index (κ2) is 4.32. The Bertz CT molecular complexity index is 428. The van der Waals surface area contributed by atoms with Crippen molar-refractivity contribution in [2.24, 2.45) is 0 Å². The number of nitrogens with zero attached hydrogens (tertiary/aromatic N) is 1. The number of hydrogen-bond acceptors (Lipinski definition) is 4. The number of hydrogen-bond donors (Lipinski definition) is 1. The van der Waals surface area contributed by atoms with Crippen LogP contribution in [-0.2, 0) is 4.79 Å². The van der Waals surface area contributed by atoms with E-state index in [-0.39, 0.29) is 22.7 Å². The minimum atomic E-state index is -0.600. The Labute approximate surface area is 85.1 Å². The maximum Gasteiger partial charge on any atom is 0.270 e. The predicted molar refractivity (Wildman–Crippen MR) is 52.8 cm³/mol. The summed E-state index contributed by atoms with van der Waals surface area (Å²) in [4.78, 5) is 31.2. The number of benzene rings is 1. The molecule has 0 spiro atoms. The van der Waals surface area contributed by atoms with Crippen LogP contribution in [0.3, 0.4) is 0 Å². The highest BCUT2D eigenvalue weighted by Gasteiger charge is 2.13. The van der Waals surface area contributed by atoms with Gasteiger partial charge in [0.05, 0.1) is 10.6 Å². The zero-order valence-electron chi connectivity index (χ0n) is 7.89. The molecule has 0 aromatic heterocycles. The largest absolute Gasteiger partial charge is 0.328 e. The number of rotatable bonds is 4. The van der Waals surface area contributed by atoms with Crippen LogP contribution in [0, 0.1) is 10.1 Å². The Morgan fingerprint density at radius 2 is 2.20 bits per heavy atom. The summed E-state index contributed by atoms with van der Waals surface area (Å²) in [5.41, 5.74) is 0.205. The summed E-state index contributed by atoms with van der Waals surface area (Å²) in [6, 6.07) is 3.68. The van der Waals surface area contributed by atoms with Crippen LogP contribution in [0.5, 0.6) is 0 Å². The maximum atomic E-state index is 11.1. The number of carbonyl (C=O) groups is 2. The topological polar surface area (TPSA) is 89.3 Å². The minimum absolute atomic E-state index is 0.122. The van der Waals surface area contributed by atoms with Crippen LogP contribution >= 0.6 is 0 Å². The smallest absolute Gasteiger partial charge is 0.270 e. The first-order valence-corrected chi connectivity index (χ1v) is 4.06. The van der Waals surface area contributed by atoms with Crippen LogP contribution in [0.1, 0.15) is 17.3 Å². The van der Waals surface area contributed by atoms with Crippen molar-refractivity contribution >= 4 is 23.6 Å². The van der Waals surface area contributed by atoms with Crippen LogP contribution in [0.4, 0.5) is 11.4 Å². The number of ketones is 1. The van der Waals surface area contributed by atoms with Gasteiger partial charge in [0.2, 0.25) is 6.41 Å². The number of nitro benzene ring substituents is 1. The van der Waals surface area contributed by atoms with Gasteiger partial charge in [-0.05, 0) is 13.0 Å². The Morgan fingerprint density at radius 1 is 1.53 bits per heavy atom. The molecule has 0 saturated carbocycles. The van der Waals surface area contributed by atoms with E-state index in [0.717, 1.165) is 6.07 Å². The highest BCUT2D eigenvalue weighted by atomic mass is 16.6. The third-order valence-electron chi connectivity index (χ3n) is 1.81. The van der Waals surface area contributed by atoms with Crippen LogP contribution in [0.15, 0.2) is 18.2 Å². The van der Waals surface area contributed by atoms with E-state index in [1.807, 2.05) is 0 Å². The van der Waals surface area contributed by atoms with Gasteiger partial charge in [0, 0.05) is 17.7 Å². The molecule has 1 N–H and O–H groups in total. The van der Waals surface area contributed by atoms with E-state index in [4.69, 9.17) is 0 Å². The van der Waals surface area contributed by atoms with Crippen molar-refractivity contribution in [2.75, 3.05) is 5.32 Å². The molecule has 0 atom stereocenters. The molecule has 0 unspecified atom stereocenters. The molecular formula is C9H8N2O4. The van der Waals surface area contributed by atoms with E-state index >= 15 is 0 Å². The second-order valence-corrected chi connectivity index (χ2v) is 2.81. The average Bonchev–Trinajstić information content (AvgIpc) is 2.18. The lowest BCUT2D eigenvalue weighted by Gasteiger charge is -2.04. The summed E-state index contributed by atoms with van der Waals surface area (Å²) in [5.74, 6) is -0.344. The first kappa shape index (κ1) is 10.8. The van der Waals surface area contributed by atoms with Crippen LogP contribution in [0.25, 0.3) is 0 Å². The summed E-state index contributed by atoms with van der Waals surface area (Å²) in [6.45, 7) is 1.27. The molecule has 0 aliphatic heterocycles. The van der Waals surface area contributed by atoms with Crippen LogP contribution < -0.4 is 5.32 Å². The number of carbonyl (C=O) groups excluding carboxylic acids is 2. The Hall–Kier alpha value is -2.24. The van der Waals surface area contributed by atoms with E-state index < -0.39 is 4.92 Å². The fraction of sp³-hybridized carbons (Fsp3) is 0.111. The van der Waals surface area contributed by atoms with Gasteiger partial charge in [0.25, 0.3) is 5.69 Å². The standard InChI is InChI=1S/C9H8N2O4/c1-6(13)8-4-7(11(14)15)2-3-9(8)10-5-12/h2-5H,1H3,(H,10,12). The van der Waals surface area contributed by atoms with E-state index in [0.29, 0.717) is 6.41 Å². The summed E-state index contributed by atoms with van der Waals surface area (Å²) >= 11 is 0. The molecule has 0 fully saturated rings. The van der Waals surface area contributed by atoms with E-state index in [9.17, 15) is 19.7 Å². The lowest BCUT2D eigenvalue weighted by molar-refractivity contribution is -0.384. The van der Waals surface area contributed by atoms with Crippen molar-refractivity contribution in [1.82, 2.24) is 0 Å². The van der Waals surface area contributed by atoms with Gasteiger partial charge in [-0.25, -0.2) is 0 Å². The van der Waals surface area contributed by atoms with Gasteiger partial charge in [-0.3, -0.25) is 19.7 Å². The number of anilines is 1. The van der Waals surface area contributed by atoms with Crippen molar-refractivity contribution < 1.29 is 14.5 Å². The molecule has 1 aromatic rings. The van der Waals surface area contributed by atoms with Crippen LogP contribution in [0.2, 0.25) is 0 Å². The molecule has 1 rings (SSSR count). The molecule has 0 aliphatic rings. The van der Waals surface area contributed by atoms with Gasteiger partial charge in [0.15, 0.2) is 5.78 Å². The Morgan fingerprint density at radius 3 is 2.67 bits per heavy atom. The zero-order chi connectivity index (χ0) is 11.4. The lowest BCUT2D eigenvalue weighted by atomic mass is 10.1. The van der Waals surface area contributed by atoms with Gasteiger partial charge >= 0.3 is 0 Å². The molecule has 0 bridgehead atoms. The summed E-state index contributed by atoms with van der Waals surface area (Å²) in [6.07, 6.45) is 0.410. The first-order valence-electron chi connectivity index (χ1n) is 4.06. The number of Topliss-reactive ketones (excluding diaryl/α,β-unsaturated/α-hetero) is 1. The lowest BCUT2D eigenvalue weighted by Crippen LogP contribution is -2.03. The molecule has 0 saturated heterocycles. The molecule has 0 radical (unpaired) electrons. The summed E-state index contributed by atoms with van der Waals surface area (Å²) < 4.78 is 0. The first-order chi connectivity index (χ1) is 7.06. The molecule has 0 heterocycles. The van der Waals surface area contributed by atoms with Crippen LogP contribution in [-0.4, -0.2) is 17.1 Å². The normalized spacial score (nSPS) is 9.40. The molecule has 6 nitrogen and oxygen atoms in total. The predicted octanol–water partition coefficient (Wildman–Crippen LogP) is 1.37. The van der Waals surface area contributed by atoms with Gasteiger partial charge in [-0.15, -0.1) is 0 Å². The molecule has 1 aromatic carbocycles. The Kier molecular flexibility index (Phi) is 3.12.